The van der Waals surface area contributed by atoms with Gasteiger partial charge >= 0.3 is 0 Å². The quantitative estimate of drug-likeness (QED) is 0.910. The molecule has 0 saturated heterocycles. The largest absolute Gasteiger partial charge is 0.486 e. The van der Waals surface area contributed by atoms with Crippen molar-refractivity contribution in [3.63, 3.8) is 0 Å². The number of benzene rings is 2. The van der Waals surface area contributed by atoms with Gasteiger partial charge in [-0.25, -0.2) is 0 Å². The number of amides is 1. The maximum Gasteiger partial charge on any atom is 0.251 e. The molecule has 6 nitrogen and oxygen atoms in total. The van der Waals surface area contributed by atoms with E-state index in [1.54, 1.807) is 12.1 Å². The van der Waals surface area contributed by atoms with Gasteiger partial charge in [0.15, 0.2) is 23.0 Å². The Labute approximate surface area is 149 Å². The zero-order valence-corrected chi connectivity index (χ0v) is 14.0. The molecule has 2 aliphatic rings. The maximum absolute atomic E-state index is 12.4. The van der Waals surface area contributed by atoms with Crippen molar-refractivity contribution >= 4 is 17.5 Å². The van der Waals surface area contributed by atoms with Crippen LogP contribution >= 0.6 is 11.6 Å². The fourth-order valence-corrected chi connectivity index (χ4v) is 2.98. The molecule has 2 heterocycles. The first kappa shape index (κ1) is 15.9. The summed E-state index contributed by atoms with van der Waals surface area (Å²) in [5, 5.41) is 3.19. The fourth-order valence-electron chi connectivity index (χ4n) is 2.71. The third-order valence-corrected chi connectivity index (χ3v) is 4.20. The first-order chi connectivity index (χ1) is 12.2. The van der Waals surface area contributed by atoms with Crippen molar-refractivity contribution in [2.45, 2.75) is 6.10 Å². The maximum atomic E-state index is 12.4. The smallest absolute Gasteiger partial charge is 0.251 e. The van der Waals surface area contributed by atoms with Crippen LogP contribution in [0.2, 0.25) is 5.02 Å². The Morgan fingerprint density at radius 2 is 1.88 bits per heavy atom. The summed E-state index contributed by atoms with van der Waals surface area (Å²) in [6.07, 6.45) is -0.258. The van der Waals surface area contributed by atoms with Crippen LogP contribution in [0.1, 0.15) is 10.4 Å². The molecule has 25 heavy (non-hydrogen) atoms. The number of carbonyl (C=O) groups excluding carboxylic acids is 1. The Bertz CT molecular complexity index is 810. The molecule has 0 spiro atoms. The van der Waals surface area contributed by atoms with Crippen molar-refractivity contribution in [1.82, 2.24) is 5.32 Å². The van der Waals surface area contributed by atoms with Gasteiger partial charge in [0.05, 0.1) is 11.6 Å². The fraction of sp³-hybridized carbons (Fsp3) is 0.278. The van der Waals surface area contributed by atoms with E-state index in [0.29, 0.717) is 59.9 Å². The SMILES string of the molecule is O=C(NC[C@H]1COc2ccccc2O1)c1cc(Cl)c2c(c1)OCCO2. The Hall–Kier alpha value is -2.60. The summed E-state index contributed by atoms with van der Waals surface area (Å²) in [6, 6.07) is 10.6. The molecule has 1 amide bonds. The molecule has 2 aromatic carbocycles. The summed E-state index contributed by atoms with van der Waals surface area (Å²) in [6.45, 7) is 1.57. The van der Waals surface area contributed by atoms with Crippen molar-refractivity contribution in [3.05, 3.63) is 47.0 Å². The van der Waals surface area contributed by atoms with E-state index in [-0.39, 0.29) is 12.0 Å². The molecular formula is C18H16ClNO5. The monoisotopic (exact) mass is 361 g/mol. The number of fused-ring (bicyclic) bond motifs is 2. The number of nitrogens with one attached hydrogen (secondary N) is 1. The van der Waals surface area contributed by atoms with Crippen LogP contribution in [0.15, 0.2) is 36.4 Å². The van der Waals surface area contributed by atoms with Crippen LogP contribution < -0.4 is 24.3 Å². The van der Waals surface area contributed by atoms with Crippen LogP contribution in [0.3, 0.4) is 0 Å². The minimum Gasteiger partial charge on any atom is -0.486 e. The minimum absolute atomic E-state index is 0.258. The van der Waals surface area contributed by atoms with Gasteiger partial charge in [0.25, 0.3) is 5.91 Å². The van der Waals surface area contributed by atoms with Crippen LogP contribution in [-0.2, 0) is 0 Å². The van der Waals surface area contributed by atoms with Crippen molar-refractivity contribution in [3.8, 4) is 23.0 Å². The van der Waals surface area contributed by atoms with E-state index >= 15 is 0 Å². The lowest BCUT2D eigenvalue weighted by Gasteiger charge is -2.26. The number of para-hydroxylation sites is 2. The molecule has 0 unspecified atom stereocenters. The number of hydrogen-bond acceptors (Lipinski definition) is 5. The molecule has 2 aromatic rings. The van der Waals surface area contributed by atoms with Gasteiger partial charge < -0.3 is 24.3 Å². The topological polar surface area (TPSA) is 66.0 Å². The molecule has 2 aliphatic heterocycles. The second kappa shape index (κ2) is 6.72. The lowest BCUT2D eigenvalue weighted by molar-refractivity contribution is 0.0788. The Balaban J connectivity index is 1.41. The van der Waals surface area contributed by atoms with Gasteiger partial charge in [-0.05, 0) is 24.3 Å². The zero-order chi connectivity index (χ0) is 17.2. The van der Waals surface area contributed by atoms with Gasteiger partial charge in [0.1, 0.15) is 25.9 Å². The van der Waals surface area contributed by atoms with Crippen molar-refractivity contribution in [1.29, 1.82) is 0 Å². The van der Waals surface area contributed by atoms with E-state index in [9.17, 15) is 4.79 Å². The van der Waals surface area contributed by atoms with Crippen LogP contribution in [0.4, 0.5) is 0 Å². The van der Waals surface area contributed by atoms with E-state index in [1.165, 1.54) is 0 Å². The van der Waals surface area contributed by atoms with Gasteiger partial charge in [0.2, 0.25) is 0 Å². The van der Waals surface area contributed by atoms with Gasteiger partial charge in [0, 0.05) is 5.56 Å². The molecule has 0 bridgehead atoms. The van der Waals surface area contributed by atoms with Crippen molar-refractivity contribution < 1.29 is 23.7 Å². The molecular weight excluding hydrogens is 346 g/mol. The van der Waals surface area contributed by atoms with E-state index in [1.807, 2.05) is 24.3 Å². The first-order valence-corrected chi connectivity index (χ1v) is 8.34. The van der Waals surface area contributed by atoms with Crippen LogP contribution in [-0.4, -0.2) is 38.4 Å². The lowest BCUT2D eigenvalue weighted by Crippen LogP contribution is -2.40. The highest BCUT2D eigenvalue weighted by Crippen LogP contribution is 2.38. The molecule has 0 aliphatic carbocycles. The van der Waals surface area contributed by atoms with Gasteiger partial charge in [-0.2, -0.15) is 0 Å². The van der Waals surface area contributed by atoms with E-state index in [0.717, 1.165) is 0 Å². The van der Waals surface area contributed by atoms with Crippen molar-refractivity contribution in [2.24, 2.45) is 0 Å². The molecule has 1 atom stereocenters. The number of hydrogen-bond donors (Lipinski definition) is 1. The summed E-state index contributed by atoms with van der Waals surface area (Å²) in [5.74, 6) is 2.08. The van der Waals surface area contributed by atoms with Crippen LogP contribution in [0.25, 0.3) is 0 Å². The molecule has 0 fully saturated rings. The molecule has 0 aromatic heterocycles. The van der Waals surface area contributed by atoms with Gasteiger partial charge in [-0.15, -0.1) is 0 Å². The molecule has 0 radical (unpaired) electrons. The first-order valence-electron chi connectivity index (χ1n) is 7.96. The van der Waals surface area contributed by atoms with Gasteiger partial charge in [-0.1, -0.05) is 23.7 Å². The highest BCUT2D eigenvalue weighted by molar-refractivity contribution is 6.32. The second-order valence-corrected chi connectivity index (χ2v) is 6.10. The number of halogens is 1. The molecule has 130 valence electrons. The van der Waals surface area contributed by atoms with E-state index < -0.39 is 0 Å². The zero-order valence-electron chi connectivity index (χ0n) is 13.3. The van der Waals surface area contributed by atoms with Gasteiger partial charge in [-0.3, -0.25) is 4.79 Å². The second-order valence-electron chi connectivity index (χ2n) is 5.69. The predicted octanol–water partition coefficient (Wildman–Crippen LogP) is 2.68. The van der Waals surface area contributed by atoms with E-state index in [4.69, 9.17) is 30.5 Å². The Morgan fingerprint density at radius 3 is 2.76 bits per heavy atom. The third-order valence-electron chi connectivity index (χ3n) is 3.92. The summed E-state index contributed by atoms with van der Waals surface area (Å²) >= 11 is 6.17. The highest BCUT2D eigenvalue weighted by atomic mass is 35.5. The summed E-state index contributed by atoms with van der Waals surface area (Å²) in [4.78, 5) is 12.4. The number of rotatable bonds is 3. The predicted molar refractivity (Wildman–Crippen MR) is 91.1 cm³/mol. The summed E-state index contributed by atoms with van der Waals surface area (Å²) < 4.78 is 22.4. The molecule has 1 N–H and O–H groups in total. The minimum atomic E-state index is -0.263. The van der Waals surface area contributed by atoms with Crippen molar-refractivity contribution in [2.75, 3.05) is 26.4 Å². The summed E-state index contributed by atoms with van der Waals surface area (Å²) in [5.41, 5.74) is 0.409. The standard InChI is InChI=1S/C18H16ClNO5/c19-13-7-11(8-16-17(13)23-6-5-22-16)18(21)20-9-12-10-24-14-3-1-2-4-15(14)25-12/h1-4,7-8,12H,5-6,9-10H2,(H,20,21)/t12-/m0/s1. The number of ether oxygens (including phenoxy) is 4. The lowest BCUT2D eigenvalue weighted by atomic mass is 10.1. The third kappa shape index (κ3) is 3.30. The average Bonchev–Trinajstić information content (AvgIpc) is 2.66. The Kier molecular flexibility index (Phi) is 4.28. The Morgan fingerprint density at radius 1 is 1.08 bits per heavy atom. The molecule has 7 heteroatoms. The molecule has 0 saturated carbocycles. The average molecular weight is 362 g/mol. The van der Waals surface area contributed by atoms with Crippen LogP contribution in [0.5, 0.6) is 23.0 Å². The summed E-state index contributed by atoms with van der Waals surface area (Å²) in [7, 11) is 0. The molecule has 4 rings (SSSR count). The highest BCUT2D eigenvalue weighted by Gasteiger charge is 2.23. The normalized spacial score (nSPS) is 17.7. The van der Waals surface area contributed by atoms with E-state index in [2.05, 4.69) is 5.32 Å². The number of carbonyl (C=O) groups is 1. The van der Waals surface area contributed by atoms with Crippen LogP contribution in [0, 0.1) is 0 Å².